The lowest BCUT2D eigenvalue weighted by atomic mass is 9.96. The van der Waals surface area contributed by atoms with E-state index in [9.17, 15) is 18.0 Å². The van der Waals surface area contributed by atoms with Crippen LogP contribution in [0, 0.1) is 5.92 Å². The Morgan fingerprint density at radius 1 is 0.960 bits per heavy atom. The molecule has 0 N–H and O–H groups in total. The number of hydrogen-bond donors (Lipinski definition) is 0. The Labute approximate surface area is 150 Å². The van der Waals surface area contributed by atoms with E-state index in [4.69, 9.17) is 0 Å². The van der Waals surface area contributed by atoms with Crippen LogP contribution in [0.4, 0.5) is 0 Å². The molecule has 0 bridgehead atoms. The first-order valence-corrected chi connectivity index (χ1v) is 10.7. The minimum absolute atomic E-state index is 0.103. The van der Waals surface area contributed by atoms with Gasteiger partial charge in [-0.05, 0) is 26.9 Å². The van der Waals surface area contributed by atoms with Crippen LogP contribution in [-0.2, 0) is 19.6 Å². The first kappa shape index (κ1) is 20.1. The van der Waals surface area contributed by atoms with Gasteiger partial charge in [0.2, 0.25) is 21.8 Å². The van der Waals surface area contributed by atoms with E-state index in [0.717, 1.165) is 6.54 Å². The molecule has 144 valence electrons. The summed E-state index contributed by atoms with van der Waals surface area (Å²) >= 11 is 0. The van der Waals surface area contributed by atoms with Crippen LogP contribution in [0.25, 0.3) is 0 Å². The number of piperazine rings is 1. The summed E-state index contributed by atoms with van der Waals surface area (Å²) < 4.78 is 24.5. The summed E-state index contributed by atoms with van der Waals surface area (Å²) in [6.07, 6.45) is 2.87. The summed E-state index contributed by atoms with van der Waals surface area (Å²) in [5, 5.41) is 0. The van der Waals surface area contributed by atoms with Crippen molar-refractivity contribution in [2.24, 2.45) is 5.92 Å². The summed E-state index contributed by atoms with van der Waals surface area (Å²) in [6, 6.07) is 0. The van der Waals surface area contributed by atoms with Gasteiger partial charge in [-0.1, -0.05) is 0 Å². The van der Waals surface area contributed by atoms with Gasteiger partial charge in [-0.3, -0.25) is 9.59 Å². The van der Waals surface area contributed by atoms with Crippen molar-refractivity contribution in [2.75, 3.05) is 66.2 Å². The van der Waals surface area contributed by atoms with Crippen molar-refractivity contribution >= 4 is 21.8 Å². The Hall–Kier alpha value is -1.19. The molecule has 2 aliphatic rings. The largest absolute Gasteiger partial charge is 0.339 e. The van der Waals surface area contributed by atoms with Crippen LogP contribution in [0.2, 0.25) is 0 Å². The fourth-order valence-electron chi connectivity index (χ4n) is 3.35. The smallest absolute Gasteiger partial charge is 0.225 e. The van der Waals surface area contributed by atoms with Gasteiger partial charge in [0.15, 0.2) is 0 Å². The van der Waals surface area contributed by atoms with Crippen molar-refractivity contribution in [3.05, 3.63) is 0 Å². The predicted octanol–water partition coefficient (Wildman–Crippen LogP) is -0.719. The monoisotopic (exact) mass is 374 g/mol. The molecule has 0 aromatic rings. The van der Waals surface area contributed by atoms with Gasteiger partial charge >= 0.3 is 0 Å². The van der Waals surface area contributed by atoms with Gasteiger partial charge in [0, 0.05) is 58.2 Å². The number of rotatable bonds is 5. The van der Waals surface area contributed by atoms with E-state index in [2.05, 4.69) is 0 Å². The van der Waals surface area contributed by atoms with Gasteiger partial charge in [0.1, 0.15) is 0 Å². The van der Waals surface area contributed by atoms with E-state index in [1.54, 1.807) is 0 Å². The number of sulfonamides is 1. The van der Waals surface area contributed by atoms with E-state index in [1.165, 1.54) is 10.6 Å². The molecular formula is C16H30N4O4S. The predicted molar refractivity (Wildman–Crippen MR) is 95.5 cm³/mol. The highest BCUT2D eigenvalue weighted by Crippen LogP contribution is 2.22. The van der Waals surface area contributed by atoms with Crippen LogP contribution in [0.1, 0.15) is 19.3 Å². The van der Waals surface area contributed by atoms with Crippen molar-refractivity contribution in [1.82, 2.24) is 19.0 Å². The van der Waals surface area contributed by atoms with Crippen molar-refractivity contribution < 1.29 is 18.0 Å². The molecule has 8 nitrogen and oxygen atoms in total. The van der Waals surface area contributed by atoms with Crippen molar-refractivity contribution in [2.45, 2.75) is 19.3 Å². The SMILES string of the molecule is CN(C)CCC(=O)N1CCN(C(=O)C2CCN(S(C)(=O)=O)CC2)CC1. The molecule has 0 aromatic heterocycles. The third-order valence-corrected chi connectivity index (χ3v) is 6.29. The molecule has 2 saturated heterocycles. The average molecular weight is 375 g/mol. The highest BCUT2D eigenvalue weighted by atomic mass is 32.2. The summed E-state index contributed by atoms with van der Waals surface area (Å²) in [5.74, 6) is 0.143. The van der Waals surface area contributed by atoms with Crippen LogP contribution in [0.5, 0.6) is 0 Å². The topological polar surface area (TPSA) is 81.2 Å². The Bertz CT molecular complexity index is 577. The van der Waals surface area contributed by atoms with Crippen LogP contribution < -0.4 is 0 Å². The minimum atomic E-state index is -3.17. The summed E-state index contributed by atoms with van der Waals surface area (Å²) in [5.41, 5.74) is 0. The number of carbonyl (C=O) groups is 2. The summed E-state index contributed by atoms with van der Waals surface area (Å²) in [6.45, 7) is 3.87. The lowest BCUT2D eigenvalue weighted by Gasteiger charge is -2.38. The molecule has 0 saturated carbocycles. The highest BCUT2D eigenvalue weighted by Gasteiger charge is 2.33. The van der Waals surface area contributed by atoms with E-state index < -0.39 is 10.0 Å². The van der Waals surface area contributed by atoms with Gasteiger partial charge in [0.25, 0.3) is 0 Å². The van der Waals surface area contributed by atoms with Crippen LogP contribution in [0.15, 0.2) is 0 Å². The van der Waals surface area contributed by atoms with Gasteiger partial charge in [-0.15, -0.1) is 0 Å². The van der Waals surface area contributed by atoms with Crippen molar-refractivity contribution in [3.8, 4) is 0 Å². The maximum absolute atomic E-state index is 12.6. The fourth-order valence-corrected chi connectivity index (χ4v) is 4.22. The molecular weight excluding hydrogens is 344 g/mol. The molecule has 0 radical (unpaired) electrons. The molecule has 0 aliphatic carbocycles. The summed E-state index contributed by atoms with van der Waals surface area (Å²) in [4.78, 5) is 30.4. The third kappa shape index (κ3) is 5.65. The van der Waals surface area contributed by atoms with Gasteiger partial charge in [-0.25, -0.2) is 12.7 Å². The fraction of sp³-hybridized carbons (Fsp3) is 0.875. The standard InChI is InChI=1S/C16H30N4O4S/c1-17(2)7-6-15(21)18-10-12-19(13-11-18)16(22)14-4-8-20(9-5-14)25(3,23)24/h14H,4-13H2,1-3H3. The van der Waals surface area contributed by atoms with E-state index >= 15 is 0 Å². The number of carbonyl (C=O) groups excluding carboxylic acids is 2. The highest BCUT2D eigenvalue weighted by molar-refractivity contribution is 7.88. The van der Waals surface area contributed by atoms with E-state index in [-0.39, 0.29) is 17.7 Å². The normalized spacial score (nSPS) is 21.0. The van der Waals surface area contributed by atoms with Gasteiger partial charge in [-0.2, -0.15) is 0 Å². The first-order valence-electron chi connectivity index (χ1n) is 8.85. The maximum atomic E-state index is 12.6. The molecule has 9 heteroatoms. The maximum Gasteiger partial charge on any atom is 0.225 e. The Morgan fingerprint density at radius 2 is 1.48 bits per heavy atom. The first-order chi connectivity index (χ1) is 11.7. The molecule has 0 unspecified atom stereocenters. The van der Waals surface area contributed by atoms with E-state index in [1.807, 2.05) is 28.8 Å². The molecule has 25 heavy (non-hydrogen) atoms. The minimum Gasteiger partial charge on any atom is -0.339 e. The van der Waals surface area contributed by atoms with Gasteiger partial charge < -0.3 is 14.7 Å². The molecule has 0 spiro atoms. The van der Waals surface area contributed by atoms with Crippen LogP contribution in [-0.4, -0.2) is 105 Å². The second-order valence-corrected chi connectivity index (χ2v) is 9.18. The third-order valence-electron chi connectivity index (χ3n) is 4.99. The molecule has 0 atom stereocenters. The zero-order valence-electron chi connectivity index (χ0n) is 15.5. The lowest BCUT2D eigenvalue weighted by molar-refractivity contribution is -0.143. The second kappa shape index (κ2) is 8.46. The van der Waals surface area contributed by atoms with Gasteiger partial charge in [0.05, 0.1) is 6.26 Å². The van der Waals surface area contributed by atoms with Crippen LogP contribution >= 0.6 is 0 Å². The Balaban J connectivity index is 1.77. The Kier molecular flexibility index (Phi) is 6.81. The number of nitrogens with zero attached hydrogens (tertiary/aromatic N) is 4. The molecule has 2 aliphatic heterocycles. The molecule has 2 rings (SSSR count). The number of hydrogen-bond acceptors (Lipinski definition) is 5. The summed E-state index contributed by atoms with van der Waals surface area (Å²) in [7, 11) is 0.719. The molecule has 2 amide bonds. The second-order valence-electron chi connectivity index (χ2n) is 7.20. The van der Waals surface area contributed by atoms with Crippen molar-refractivity contribution in [3.63, 3.8) is 0 Å². The quantitative estimate of drug-likeness (QED) is 0.634. The lowest BCUT2D eigenvalue weighted by Crippen LogP contribution is -2.53. The number of piperidine rings is 1. The zero-order chi connectivity index (χ0) is 18.6. The number of amides is 2. The van der Waals surface area contributed by atoms with E-state index in [0.29, 0.717) is 58.5 Å². The Morgan fingerprint density at radius 3 is 1.96 bits per heavy atom. The average Bonchev–Trinajstić information content (AvgIpc) is 2.58. The van der Waals surface area contributed by atoms with Crippen LogP contribution in [0.3, 0.4) is 0 Å². The molecule has 2 heterocycles. The zero-order valence-corrected chi connectivity index (χ0v) is 16.3. The van der Waals surface area contributed by atoms with Crippen molar-refractivity contribution in [1.29, 1.82) is 0 Å². The molecule has 0 aromatic carbocycles. The molecule has 2 fully saturated rings.